The van der Waals surface area contributed by atoms with Gasteiger partial charge in [0.1, 0.15) is 18.1 Å². The van der Waals surface area contributed by atoms with Crippen LogP contribution in [0.4, 0.5) is 0 Å². The zero-order chi connectivity index (χ0) is 18.0. The number of rotatable bonds is 7. The van der Waals surface area contributed by atoms with E-state index in [1.807, 2.05) is 20.8 Å². The number of ether oxygens (including phenoxy) is 1. The van der Waals surface area contributed by atoms with Crippen molar-refractivity contribution in [2.75, 3.05) is 6.61 Å². The number of aliphatic hydroxyl groups excluding tert-OH is 1. The number of nitrogens with zero attached hydrogens (tertiary/aromatic N) is 1. The highest BCUT2D eigenvalue weighted by Crippen LogP contribution is 2.39. The number of hydrogen-bond donors (Lipinski definition) is 2. The van der Waals surface area contributed by atoms with Gasteiger partial charge in [-0.25, -0.2) is 0 Å². The van der Waals surface area contributed by atoms with Gasteiger partial charge >= 0.3 is 0 Å². The van der Waals surface area contributed by atoms with Crippen molar-refractivity contribution in [2.45, 2.75) is 45.8 Å². The Morgan fingerprint density at radius 3 is 2.56 bits per heavy atom. The minimum absolute atomic E-state index is 0.0535. The van der Waals surface area contributed by atoms with Crippen LogP contribution < -0.4 is 10.1 Å². The molecular weight excluding hydrogens is 320 g/mol. The first-order valence-electron chi connectivity index (χ1n) is 8.51. The van der Waals surface area contributed by atoms with Crippen molar-refractivity contribution in [2.24, 2.45) is 5.92 Å². The molecular formula is C19H24N2O4. The summed E-state index contributed by atoms with van der Waals surface area (Å²) in [5, 5.41) is 16.5. The maximum Gasteiger partial charge on any atom is 0.251 e. The number of hydrogen-bond acceptors (Lipinski definition) is 5. The van der Waals surface area contributed by atoms with E-state index >= 15 is 0 Å². The Balaban J connectivity index is 1.61. The molecule has 0 radical (unpaired) electrons. The number of aromatic nitrogens is 1. The van der Waals surface area contributed by atoms with Gasteiger partial charge in [-0.1, -0.05) is 5.16 Å². The van der Waals surface area contributed by atoms with Crippen LogP contribution in [0.2, 0.25) is 0 Å². The minimum atomic E-state index is -0.546. The van der Waals surface area contributed by atoms with Gasteiger partial charge in [0.2, 0.25) is 0 Å². The van der Waals surface area contributed by atoms with E-state index in [0.29, 0.717) is 23.8 Å². The van der Waals surface area contributed by atoms with E-state index in [-0.39, 0.29) is 12.5 Å². The van der Waals surface area contributed by atoms with E-state index in [1.54, 1.807) is 24.3 Å². The first-order chi connectivity index (χ1) is 11.9. The third-order valence-corrected chi connectivity index (χ3v) is 4.89. The first-order valence-corrected chi connectivity index (χ1v) is 8.51. The van der Waals surface area contributed by atoms with Crippen molar-refractivity contribution in [3.8, 4) is 5.75 Å². The van der Waals surface area contributed by atoms with Crippen LogP contribution in [0.15, 0.2) is 28.8 Å². The topological polar surface area (TPSA) is 84.6 Å². The van der Waals surface area contributed by atoms with Crippen LogP contribution in [0.5, 0.6) is 5.75 Å². The zero-order valence-electron chi connectivity index (χ0n) is 14.8. The van der Waals surface area contributed by atoms with Crippen molar-refractivity contribution in [1.82, 2.24) is 10.5 Å². The number of aryl methyl sites for hydroxylation is 2. The molecule has 6 nitrogen and oxygen atoms in total. The Kier molecular flexibility index (Phi) is 4.81. The Bertz CT molecular complexity index is 730. The van der Waals surface area contributed by atoms with Crippen LogP contribution in [0.25, 0.3) is 0 Å². The molecule has 1 heterocycles. The molecule has 0 aliphatic heterocycles. The fourth-order valence-corrected chi connectivity index (χ4v) is 2.89. The maximum atomic E-state index is 12.4. The van der Waals surface area contributed by atoms with Crippen LogP contribution in [-0.2, 0) is 6.61 Å². The van der Waals surface area contributed by atoms with E-state index in [4.69, 9.17) is 9.26 Å². The molecule has 0 bridgehead atoms. The monoisotopic (exact) mass is 344 g/mol. The standard InChI is InChI=1S/C19H24N2O4/c1-12-17(13(2)25-21-12)10-24-16-8-4-14(5-9-16)18(23)20-19(3,11-22)15-6-7-15/h4-5,8-9,15,22H,6-7,10-11H2,1-3H3,(H,20,23). The average molecular weight is 344 g/mol. The smallest absolute Gasteiger partial charge is 0.251 e. The molecule has 25 heavy (non-hydrogen) atoms. The van der Waals surface area contributed by atoms with E-state index in [0.717, 1.165) is 29.9 Å². The fraction of sp³-hybridized carbons (Fsp3) is 0.474. The lowest BCUT2D eigenvalue weighted by Crippen LogP contribution is -2.50. The van der Waals surface area contributed by atoms with E-state index in [1.165, 1.54) is 0 Å². The Morgan fingerprint density at radius 2 is 2.04 bits per heavy atom. The third kappa shape index (κ3) is 3.85. The number of amides is 1. The molecule has 1 aromatic heterocycles. The molecule has 1 atom stereocenters. The first kappa shape index (κ1) is 17.5. The third-order valence-electron chi connectivity index (χ3n) is 4.89. The second kappa shape index (κ2) is 6.88. The molecule has 1 amide bonds. The molecule has 1 aromatic carbocycles. The number of nitrogens with one attached hydrogen (secondary N) is 1. The second-order valence-electron chi connectivity index (χ2n) is 6.92. The van der Waals surface area contributed by atoms with Gasteiger partial charge in [0.15, 0.2) is 0 Å². The van der Waals surface area contributed by atoms with Gasteiger partial charge in [0, 0.05) is 5.56 Å². The molecule has 1 aliphatic carbocycles. The van der Waals surface area contributed by atoms with Gasteiger partial charge in [-0.15, -0.1) is 0 Å². The van der Waals surface area contributed by atoms with Crippen LogP contribution in [0, 0.1) is 19.8 Å². The van der Waals surface area contributed by atoms with Crippen LogP contribution in [0.3, 0.4) is 0 Å². The summed E-state index contributed by atoms with van der Waals surface area (Å²) in [6.45, 7) is 5.94. The number of carbonyl (C=O) groups excluding carboxylic acids is 1. The van der Waals surface area contributed by atoms with Gasteiger partial charge in [-0.05, 0) is 63.8 Å². The van der Waals surface area contributed by atoms with Crippen LogP contribution in [-0.4, -0.2) is 28.3 Å². The van der Waals surface area contributed by atoms with E-state index in [9.17, 15) is 9.90 Å². The van der Waals surface area contributed by atoms with E-state index < -0.39 is 5.54 Å². The van der Waals surface area contributed by atoms with E-state index in [2.05, 4.69) is 10.5 Å². The predicted molar refractivity (Wildman–Crippen MR) is 92.4 cm³/mol. The molecule has 6 heteroatoms. The van der Waals surface area contributed by atoms with Crippen LogP contribution >= 0.6 is 0 Å². The van der Waals surface area contributed by atoms with Crippen LogP contribution in [0.1, 0.15) is 47.1 Å². The number of benzene rings is 1. The molecule has 2 aromatic rings. The summed E-state index contributed by atoms with van der Waals surface area (Å²) >= 11 is 0. The molecule has 3 rings (SSSR count). The van der Waals surface area contributed by atoms with Gasteiger partial charge in [-0.2, -0.15) is 0 Å². The average Bonchev–Trinajstić information content (AvgIpc) is 3.41. The molecule has 0 saturated heterocycles. The van der Waals surface area contributed by atoms with Crippen molar-refractivity contribution in [1.29, 1.82) is 0 Å². The lowest BCUT2D eigenvalue weighted by Gasteiger charge is -2.28. The molecule has 134 valence electrons. The highest BCUT2D eigenvalue weighted by Gasteiger charge is 2.42. The quantitative estimate of drug-likeness (QED) is 0.807. The van der Waals surface area contributed by atoms with Gasteiger partial charge < -0.3 is 19.7 Å². The van der Waals surface area contributed by atoms with Crippen molar-refractivity contribution >= 4 is 5.91 Å². The Morgan fingerprint density at radius 1 is 1.36 bits per heavy atom. The molecule has 1 aliphatic rings. The van der Waals surface area contributed by atoms with Crippen molar-refractivity contribution in [3.05, 3.63) is 46.8 Å². The van der Waals surface area contributed by atoms with Gasteiger partial charge in [0.25, 0.3) is 5.91 Å². The summed E-state index contributed by atoms with van der Waals surface area (Å²) in [4.78, 5) is 12.4. The summed E-state index contributed by atoms with van der Waals surface area (Å²) in [7, 11) is 0. The Labute approximate surface area is 147 Å². The second-order valence-corrected chi connectivity index (χ2v) is 6.92. The molecule has 2 N–H and O–H groups in total. The minimum Gasteiger partial charge on any atom is -0.489 e. The van der Waals surface area contributed by atoms with Gasteiger partial charge in [0.05, 0.1) is 23.4 Å². The Hall–Kier alpha value is -2.34. The lowest BCUT2D eigenvalue weighted by atomic mass is 9.96. The summed E-state index contributed by atoms with van der Waals surface area (Å²) in [6.07, 6.45) is 2.09. The number of aliphatic hydroxyl groups is 1. The van der Waals surface area contributed by atoms with Gasteiger partial charge in [-0.3, -0.25) is 4.79 Å². The van der Waals surface area contributed by atoms with Crippen molar-refractivity contribution < 1.29 is 19.2 Å². The molecule has 1 fully saturated rings. The lowest BCUT2D eigenvalue weighted by molar-refractivity contribution is 0.0824. The predicted octanol–water partition coefficient (Wildman–Crippen LogP) is 2.76. The highest BCUT2D eigenvalue weighted by molar-refractivity contribution is 5.94. The molecule has 1 unspecified atom stereocenters. The van der Waals surface area contributed by atoms with Crippen molar-refractivity contribution in [3.63, 3.8) is 0 Å². The summed E-state index contributed by atoms with van der Waals surface area (Å²) < 4.78 is 10.9. The summed E-state index contributed by atoms with van der Waals surface area (Å²) in [5.41, 5.74) is 1.75. The molecule has 1 saturated carbocycles. The summed E-state index contributed by atoms with van der Waals surface area (Å²) in [6, 6.07) is 6.98. The fourth-order valence-electron chi connectivity index (χ4n) is 2.89. The number of carbonyl (C=O) groups is 1. The summed E-state index contributed by atoms with van der Waals surface area (Å²) in [5.74, 6) is 1.60. The molecule has 0 spiro atoms. The maximum absolute atomic E-state index is 12.4. The highest BCUT2D eigenvalue weighted by atomic mass is 16.5. The zero-order valence-corrected chi connectivity index (χ0v) is 14.8. The normalized spacial score (nSPS) is 16.3. The largest absolute Gasteiger partial charge is 0.489 e. The SMILES string of the molecule is Cc1noc(C)c1COc1ccc(C(=O)NC(C)(CO)C2CC2)cc1.